The lowest BCUT2D eigenvalue weighted by Crippen LogP contribution is -2.62. The maximum Gasteiger partial charge on any atom is 0.252 e. The molecule has 0 atom stereocenters. The van der Waals surface area contributed by atoms with Crippen LogP contribution in [0.1, 0.15) is 142 Å². The highest BCUT2D eigenvalue weighted by atomic mass is 15.2. The molecule has 0 unspecified atom stereocenters. The largest absolute Gasteiger partial charge is 0.338 e. The van der Waals surface area contributed by atoms with E-state index >= 15 is 0 Å². The van der Waals surface area contributed by atoms with E-state index in [1.807, 2.05) is 0 Å². The van der Waals surface area contributed by atoms with Crippen LogP contribution >= 0.6 is 0 Å². The molecule has 0 bridgehead atoms. The molecule has 3 aliphatic rings. The highest BCUT2D eigenvalue weighted by Gasteiger charge is 2.46. The fourth-order valence-electron chi connectivity index (χ4n) is 10.5. The summed E-state index contributed by atoms with van der Waals surface area (Å²) in [4.78, 5) is 5.30. The summed E-state index contributed by atoms with van der Waals surface area (Å²) in [5, 5.41) is 0. The monoisotopic (exact) mass is 803 g/mol. The zero-order valence-corrected chi connectivity index (χ0v) is 39.6. The topological polar surface area (TPSA) is 6.48 Å². The van der Waals surface area contributed by atoms with Gasteiger partial charge in [0.15, 0.2) is 0 Å². The minimum atomic E-state index is 0.00303. The SMILES string of the molecule is Cc1cc2c3c(c1)N(c1ccc(C(C)(C)C)cc1)c1ccc(C(C)(C)C)cc1B3c1cc3c(cc1N2Cc1ccc(C(C)(C)C)cc1-c1ccccc1)C(C)(C)CCC3(C)C. The Morgan fingerprint density at radius 2 is 1.07 bits per heavy atom. The molecule has 312 valence electrons. The molecule has 6 aromatic rings. The van der Waals surface area contributed by atoms with E-state index in [0.717, 1.165) is 6.54 Å². The van der Waals surface area contributed by atoms with Gasteiger partial charge in [-0.25, -0.2) is 0 Å². The van der Waals surface area contributed by atoms with E-state index < -0.39 is 0 Å². The van der Waals surface area contributed by atoms with Crippen LogP contribution < -0.4 is 26.2 Å². The number of aryl methyl sites for hydroxylation is 1. The van der Waals surface area contributed by atoms with Crippen LogP contribution in [0.2, 0.25) is 0 Å². The predicted molar refractivity (Wildman–Crippen MR) is 266 cm³/mol. The van der Waals surface area contributed by atoms with Crippen LogP contribution in [0.15, 0.2) is 115 Å². The first kappa shape index (κ1) is 41.3. The van der Waals surface area contributed by atoms with Gasteiger partial charge < -0.3 is 9.80 Å². The molecule has 9 rings (SSSR count). The van der Waals surface area contributed by atoms with Crippen molar-refractivity contribution in [1.82, 2.24) is 0 Å². The summed E-state index contributed by atoms with van der Waals surface area (Å²) in [6, 6.07) is 45.4. The summed E-state index contributed by atoms with van der Waals surface area (Å²) in [5.41, 5.74) is 23.3. The van der Waals surface area contributed by atoms with E-state index in [-0.39, 0.29) is 33.8 Å². The molecule has 3 heteroatoms. The Morgan fingerprint density at radius 1 is 0.525 bits per heavy atom. The van der Waals surface area contributed by atoms with Crippen molar-refractivity contribution in [1.29, 1.82) is 0 Å². The normalized spacial score (nSPS) is 16.5. The van der Waals surface area contributed by atoms with Gasteiger partial charge in [-0.1, -0.05) is 169 Å². The molecular formula is C58H67BN2. The van der Waals surface area contributed by atoms with Crippen molar-refractivity contribution < 1.29 is 0 Å². The van der Waals surface area contributed by atoms with E-state index in [9.17, 15) is 0 Å². The van der Waals surface area contributed by atoms with Gasteiger partial charge in [0.2, 0.25) is 0 Å². The molecule has 2 nitrogen and oxygen atoms in total. The minimum Gasteiger partial charge on any atom is -0.338 e. The quantitative estimate of drug-likeness (QED) is 0.164. The molecule has 0 amide bonds. The van der Waals surface area contributed by atoms with E-state index in [1.54, 1.807) is 0 Å². The summed E-state index contributed by atoms with van der Waals surface area (Å²) in [6.45, 7) is 34.0. The van der Waals surface area contributed by atoms with Crippen LogP contribution in [0.4, 0.5) is 28.4 Å². The Morgan fingerprint density at radius 3 is 1.69 bits per heavy atom. The molecule has 61 heavy (non-hydrogen) atoms. The highest BCUT2D eigenvalue weighted by molar-refractivity contribution is 7.00. The maximum atomic E-state index is 2.72. The third kappa shape index (κ3) is 7.05. The summed E-state index contributed by atoms with van der Waals surface area (Å²) < 4.78 is 0. The van der Waals surface area contributed by atoms with Gasteiger partial charge in [0.05, 0.1) is 0 Å². The Balaban J connectivity index is 1.36. The van der Waals surface area contributed by atoms with Crippen molar-refractivity contribution in [3.05, 3.63) is 154 Å². The number of fused-ring (bicyclic) bond motifs is 5. The van der Waals surface area contributed by atoms with Crippen molar-refractivity contribution in [2.24, 2.45) is 0 Å². The molecule has 0 aromatic heterocycles. The summed E-state index contributed by atoms with van der Waals surface area (Å²) in [5.74, 6) is 0. The maximum absolute atomic E-state index is 2.72. The van der Waals surface area contributed by atoms with Gasteiger partial charge in [-0.3, -0.25) is 0 Å². The van der Waals surface area contributed by atoms with E-state index in [0.29, 0.717) is 0 Å². The van der Waals surface area contributed by atoms with Gasteiger partial charge in [0.25, 0.3) is 6.71 Å². The zero-order chi connectivity index (χ0) is 43.6. The van der Waals surface area contributed by atoms with Crippen molar-refractivity contribution in [3.63, 3.8) is 0 Å². The van der Waals surface area contributed by atoms with Gasteiger partial charge in [-0.2, -0.15) is 0 Å². The molecule has 0 N–H and O–H groups in total. The van der Waals surface area contributed by atoms with Gasteiger partial charge in [0.1, 0.15) is 0 Å². The first-order chi connectivity index (χ1) is 28.5. The Labute approximate surface area is 368 Å². The van der Waals surface area contributed by atoms with Crippen LogP contribution in [-0.4, -0.2) is 6.71 Å². The number of rotatable bonds is 4. The third-order valence-corrected chi connectivity index (χ3v) is 14.5. The summed E-state index contributed by atoms with van der Waals surface area (Å²) in [7, 11) is 0. The molecule has 0 saturated carbocycles. The molecule has 0 radical (unpaired) electrons. The lowest BCUT2D eigenvalue weighted by atomic mass is 9.33. The highest BCUT2D eigenvalue weighted by Crippen LogP contribution is 2.50. The second-order valence-electron chi connectivity index (χ2n) is 23.1. The second kappa shape index (κ2) is 14.0. The van der Waals surface area contributed by atoms with Gasteiger partial charge >= 0.3 is 0 Å². The summed E-state index contributed by atoms with van der Waals surface area (Å²) in [6.07, 6.45) is 2.37. The predicted octanol–water partition coefficient (Wildman–Crippen LogP) is 13.9. The zero-order valence-electron chi connectivity index (χ0n) is 39.6. The van der Waals surface area contributed by atoms with Crippen molar-refractivity contribution >= 4 is 51.5 Å². The van der Waals surface area contributed by atoms with Crippen molar-refractivity contribution in [2.45, 2.75) is 143 Å². The van der Waals surface area contributed by atoms with Crippen LogP contribution in [-0.2, 0) is 33.6 Å². The number of benzene rings is 6. The van der Waals surface area contributed by atoms with Crippen molar-refractivity contribution in [2.75, 3.05) is 9.80 Å². The molecule has 0 fully saturated rings. The van der Waals surface area contributed by atoms with Gasteiger partial charge in [-0.05, 0) is 150 Å². The van der Waals surface area contributed by atoms with Crippen molar-refractivity contribution in [3.8, 4) is 11.1 Å². The Hall–Kier alpha value is -5.02. The van der Waals surface area contributed by atoms with Gasteiger partial charge in [0, 0.05) is 35.0 Å². The Kier molecular flexibility index (Phi) is 9.49. The lowest BCUT2D eigenvalue weighted by Gasteiger charge is -2.48. The molecule has 6 aromatic carbocycles. The van der Waals surface area contributed by atoms with Crippen LogP contribution in [0.25, 0.3) is 11.1 Å². The standard InChI is InChI=1S/C58H67BN2/c1-37-30-51-53-52(31-37)61(43-25-22-40(23-26-43)54(2,3)4)49-27-24-42(56(8,9)10)33-47(49)59(53)48-34-45-46(58(13,14)29-28-57(45,11)12)35-50(48)60(51)36-39-20-21-41(55(5,6)7)32-44(39)38-18-16-15-17-19-38/h15-27,30-35H,28-29,36H2,1-14H3. The summed E-state index contributed by atoms with van der Waals surface area (Å²) >= 11 is 0. The van der Waals surface area contributed by atoms with Crippen LogP contribution in [0.5, 0.6) is 0 Å². The molecule has 0 saturated heterocycles. The number of hydrogen-bond acceptors (Lipinski definition) is 2. The minimum absolute atomic E-state index is 0.00303. The molecule has 1 aliphatic carbocycles. The second-order valence-corrected chi connectivity index (χ2v) is 23.1. The van der Waals surface area contributed by atoms with E-state index in [4.69, 9.17) is 0 Å². The molecule has 2 aliphatic heterocycles. The fraction of sp³-hybridized carbons (Fsp3) is 0.379. The molecule has 0 spiro atoms. The van der Waals surface area contributed by atoms with Crippen LogP contribution in [0.3, 0.4) is 0 Å². The average molecular weight is 803 g/mol. The third-order valence-electron chi connectivity index (χ3n) is 14.5. The first-order valence-corrected chi connectivity index (χ1v) is 22.9. The van der Waals surface area contributed by atoms with E-state index in [2.05, 4.69) is 222 Å². The molecule has 2 heterocycles. The smallest absolute Gasteiger partial charge is 0.252 e. The van der Waals surface area contributed by atoms with Gasteiger partial charge in [-0.15, -0.1) is 0 Å². The fourth-order valence-corrected chi connectivity index (χ4v) is 10.5. The first-order valence-electron chi connectivity index (χ1n) is 22.9. The van der Waals surface area contributed by atoms with E-state index in [1.165, 1.54) is 108 Å². The molecular weight excluding hydrogens is 735 g/mol. The Bertz CT molecular complexity index is 2680. The number of nitrogens with zero attached hydrogens (tertiary/aromatic N) is 2. The van der Waals surface area contributed by atoms with Crippen LogP contribution in [0, 0.1) is 6.92 Å². The average Bonchev–Trinajstić information content (AvgIpc) is 3.19. The number of anilines is 5. The number of hydrogen-bond donors (Lipinski definition) is 0. The lowest BCUT2D eigenvalue weighted by molar-refractivity contribution is 0.332.